The quantitative estimate of drug-likeness (QED) is 0.441. The average Bonchev–Trinajstić information content (AvgIpc) is 2.90. The fraction of sp³-hybridized carbons (Fsp3) is 0.167. The zero-order valence-electron chi connectivity index (χ0n) is 13.9. The van der Waals surface area contributed by atoms with Crippen LogP contribution in [0.4, 0.5) is 5.69 Å². The highest BCUT2D eigenvalue weighted by molar-refractivity contribution is 7.98. The third kappa shape index (κ3) is 3.68. The molecule has 0 spiro atoms. The van der Waals surface area contributed by atoms with Crippen molar-refractivity contribution in [2.24, 2.45) is 0 Å². The monoisotopic (exact) mass is 386 g/mol. The molecule has 1 aliphatic rings. The van der Waals surface area contributed by atoms with E-state index in [2.05, 4.69) is 0 Å². The number of carboxylic acid groups (broad SMARTS) is 1. The van der Waals surface area contributed by atoms with Crippen LogP contribution in [0.25, 0.3) is 0 Å². The molecule has 1 N–H and O–H groups in total. The number of carboxylic acids is 1. The molecule has 1 aliphatic heterocycles. The molecule has 1 atom stereocenters. The van der Waals surface area contributed by atoms with Gasteiger partial charge in [-0.1, -0.05) is 24.3 Å². The van der Waals surface area contributed by atoms with E-state index < -0.39 is 28.7 Å². The molecule has 0 unspecified atom stereocenters. The Labute approximate surface area is 157 Å². The Balaban J connectivity index is 1.68. The van der Waals surface area contributed by atoms with Crippen LogP contribution in [-0.4, -0.2) is 44.5 Å². The lowest BCUT2D eigenvalue weighted by atomic mass is 10.1. The molecule has 0 bridgehead atoms. The number of nitrogens with zero attached hydrogens (tertiary/aromatic N) is 2. The molecule has 0 aromatic heterocycles. The molecule has 0 aliphatic carbocycles. The number of non-ortho nitro benzene ring substituents is 1. The first-order valence-electron chi connectivity index (χ1n) is 7.91. The first-order chi connectivity index (χ1) is 12.9. The van der Waals surface area contributed by atoms with Gasteiger partial charge >= 0.3 is 5.97 Å². The van der Waals surface area contributed by atoms with Crippen LogP contribution in [0.5, 0.6) is 0 Å². The van der Waals surface area contributed by atoms with Crippen molar-refractivity contribution in [3.05, 3.63) is 75.3 Å². The predicted molar refractivity (Wildman–Crippen MR) is 97.6 cm³/mol. The number of thioether (sulfide) groups is 1. The van der Waals surface area contributed by atoms with Gasteiger partial charge < -0.3 is 5.11 Å². The minimum absolute atomic E-state index is 0.0117. The number of carbonyl (C=O) groups is 3. The topological polar surface area (TPSA) is 118 Å². The van der Waals surface area contributed by atoms with E-state index in [4.69, 9.17) is 0 Å². The van der Waals surface area contributed by atoms with Crippen LogP contribution >= 0.6 is 11.8 Å². The zero-order valence-corrected chi connectivity index (χ0v) is 14.7. The van der Waals surface area contributed by atoms with Gasteiger partial charge in [0.15, 0.2) is 0 Å². The first kappa shape index (κ1) is 18.6. The molecule has 9 heteroatoms. The highest BCUT2D eigenvalue weighted by atomic mass is 32.2. The maximum Gasteiger partial charge on any atom is 0.327 e. The van der Waals surface area contributed by atoms with E-state index in [0.29, 0.717) is 5.75 Å². The summed E-state index contributed by atoms with van der Waals surface area (Å²) in [5.74, 6) is -2.08. The van der Waals surface area contributed by atoms with Crippen LogP contribution in [0.3, 0.4) is 0 Å². The van der Waals surface area contributed by atoms with E-state index in [1.54, 1.807) is 24.3 Å². The Bertz CT molecular complexity index is 893. The normalized spacial score (nSPS) is 14.1. The van der Waals surface area contributed by atoms with Crippen LogP contribution in [0, 0.1) is 10.1 Å². The summed E-state index contributed by atoms with van der Waals surface area (Å²) in [6, 6.07) is 10.9. The number of nitro groups is 1. The second-order valence-electron chi connectivity index (χ2n) is 5.82. The molecule has 0 saturated carbocycles. The maximum atomic E-state index is 12.5. The van der Waals surface area contributed by atoms with E-state index in [1.165, 1.54) is 36.0 Å². The smallest absolute Gasteiger partial charge is 0.327 e. The van der Waals surface area contributed by atoms with E-state index in [9.17, 15) is 29.6 Å². The number of amides is 2. The summed E-state index contributed by atoms with van der Waals surface area (Å²) >= 11 is 1.23. The second-order valence-corrected chi connectivity index (χ2v) is 6.85. The summed E-state index contributed by atoms with van der Waals surface area (Å²) in [7, 11) is 0. The van der Waals surface area contributed by atoms with Gasteiger partial charge in [-0.15, -0.1) is 0 Å². The van der Waals surface area contributed by atoms with E-state index in [-0.39, 0.29) is 22.6 Å². The molecular formula is C18H14N2O6S. The number of rotatable bonds is 7. The van der Waals surface area contributed by atoms with Gasteiger partial charge in [-0.2, -0.15) is 11.8 Å². The fourth-order valence-electron chi connectivity index (χ4n) is 2.75. The van der Waals surface area contributed by atoms with Crippen molar-refractivity contribution in [1.29, 1.82) is 0 Å². The van der Waals surface area contributed by atoms with Crippen LogP contribution in [0.2, 0.25) is 0 Å². The molecule has 2 aromatic rings. The minimum atomic E-state index is -1.29. The lowest BCUT2D eigenvalue weighted by Crippen LogP contribution is -2.46. The van der Waals surface area contributed by atoms with Crippen LogP contribution in [-0.2, 0) is 10.5 Å². The van der Waals surface area contributed by atoms with Crippen molar-refractivity contribution in [1.82, 2.24) is 4.90 Å². The first-order valence-corrected chi connectivity index (χ1v) is 9.06. The largest absolute Gasteiger partial charge is 0.480 e. The second kappa shape index (κ2) is 7.58. The van der Waals surface area contributed by atoms with Crippen molar-refractivity contribution < 1.29 is 24.4 Å². The molecule has 2 aromatic carbocycles. The van der Waals surface area contributed by atoms with Crippen molar-refractivity contribution in [3.63, 3.8) is 0 Å². The number of fused-ring (bicyclic) bond motifs is 1. The minimum Gasteiger partial charge on any atom is -0.480 e. The Morgan fingerprint density at radius 3 is 2.11 bits per heavy atom. The molecule has 1 heterocycles. The Morgan fingerprint density at radius 1 is 1.07 bits per heavy atom. The summed E-state index contributed by atoms with van der Waals surface area (Å²) in [6.07, 6.45) is 0. The number of hydrogen-bond donors (Lipinski definition) is 1. The van der Waals surface area contributed by atoms with Gasteiger partial charge in [0.2, 0.25) is 0 Å². The SMILES string of the molecule is O=C(O)[C@@H](CSCc1ccc([N+](=O)[O-])cc1)N1C(=O)c2ccccc2C1=O. The number of carbonyl (C=O) groups excluding carboxylic acids is 2. The predicted octanol–water partition coefficient (Wildman–Crippen LogP) is 2.58. The van der Waals surface area contributed by atoms with Crippen molar-refractivity contribution in [3.8, 4) is 0 Å². The van der Waals surface area contributed by atoms with Gasteiger partial charge in [0, 0.05) is 23.6 Å². The van der Waals surface area contributed by atoms with Crippen LogP contribution in [0.15, 0.2) is 48.5 Å². The van der Waals surface area contributed by atoms with Gasteiger partial charge in [-0.05, 0) is 17.7 Å². The summed E-state index contributed by atoms with van der Waals surface area (Å²) in [5, 5.41) is 20.2. The van der Waals surface area contributed by atoms with Crippen molar-refractivity contribution in [2.45, 2.75) is 11.8 Å². The van der Waals surface area contributed by atoms with Crippen LogP contribution < -0.4 is 0 Å². The number of benzene rings is 2. The molecule has 27 heavy (non-hydrogen) atoms. The van der Waals surface area contributed by atoms with Gasteiger partial charge in [0.05, 0.1) is 16.1 Å². The number of nitro benzene ring substituents is 1. The molecule has 8 nitrogen and oxygen atoms in total. The van der Waals surface area contributed by atoms with Gasteiger partial charge in [0.25, 0.3) is 17.5 Å². The van der Waals surface area contributed by atoms with E-state index >= 15 is 0 Å². The standard InChI is InChI=1S/C18H14N2O6S/c21-16-13-3-1-2-4-14(13)17(22)19(16)15(18(23)24)10-27-9-11-5-7-12(8-6-11)20(25)26/h1-8,15H,9-10H2,(H,23,24)/t15-/m1/s1. The summed E-state index contributed by atoms with van der Waals surface area (Å²) in [6.45, 7) is 0. The fourth-order valence-corrected chi connectivity index (χ4v) is 3.81. The van der Waals surface area contributed by atoms with Crippen molar-refractivity contribution in [2.75, 3.05) is 5.75 Å². The molecule has 138 valence electrons. The van der Waals surface area contributed by atoms with Gasteiger partial charge in [-0.25, -0.2) is 4.79 Å². The molecule has 2 amide bonds. The number of imide groups is 1. The van der Waals surface area contributed by atoms with Crippen LogP contribution in [0.1, 0.15) is 26.3 Å². The Kier molecular flexibility index (Phi) is 5.22. The highest BCUT2D eigenvalue weighted by Gasteiger charge is 2.42. The van der Waals surface area contributed by atoms with Crippen molar-refractivity contribution >= 4 is 35.2 Å². The molecule has 0 radical (unpaired) electrons. The summed E-state index contributed by atoms with van der Waals surface area (Å²) < 4.78 is 0. The van der Waals surface area contributed by atoms with Gasteiger partial charge in [-0.3, -0.25) is 24.6 Å². The zero-order chi connectivity index (χ0) is 19.6. The lowest BCUT2D eigenvalue weighted by Gasteiger charge is -2.22. The number of aliphatic carboxylic acids is 1. The number of hydrogen-bond acceptors (Lipinski definition) is 6. The molecular weight excluding hydrogens is 372 g/mol. The summed E-state index contributed by atoms with van der Waals surface area (Å²) in [5.41, 5.74) is 1.15. The lowest BCUT2D eigenvalue weighted by molar-refractivity contribution is -0.384. The molecule has 3 rings (SSSR count). The molecule has 0 fully saturated rings. The van der Waals surface area contributed by atoms with E-state index in [1.807, 2.05) is 0 Å². The Morgan fingerprint density at radius 2 is 1.63 bits per heavy atom. The average molecular weight is 386 g/mol. The molecule has 0 saturated heterocycles. The third-order valence-corrected chi connectivity index (χ3v) is 5.20. The van der Waals surface area contributed by atoms with E-state index in [0.717, 1.165) is 10.5 Å². The van der Waals surface area contributed by atoms with Gasteiger partial charge in [0.1, 0.15) is 6.04 Å². The highest BCUT2D eigenvalue weighted by Crippen LogP contribution is 2.27. The Hall–Kier alpha value is -3.20. The third-order valence-electron chi connectivity index (χ3n) is 4.11. The summed E-state index contributed by atoms with van der Waals surface area (Å²) in [4.78, 5) is 47.5. The maximum absolute atomic E-state index is 12.5.